The summed E-state index contributed by atoms with van der Waals surface area (Å²) in [4.78, 5) is 13.8. The van der Waals surface area contributed by atoms with Gasteiger partial charge in [0, 0.05) is 0 Å². The number of hydrogen-bond donors (Lipinski definition) is 2. The number of carboxylic acids is 1. The van der Waals surface area contributed by atoms with Crippen molar-refractivity contribution in [1.82, 2.24) is 4.98 Å². The van der Waals surface area contributed by atoms with Crippen molar-refractivity contribution in [2.45, 2.75) is 6.43 Å². The van der Waals surface area contributed by atoms with Crippen LogP contribution in [0, 0.1) is 11.3 Å². The molecule has 0 aliphatic rings. The van der Waals surface area contributed by atoms with Gasteiger partial charge in [0.1, 0.15) is 11.9 Å². The first-order valence-electron chi connectivity index (χ1n) is 3.69. The highest BCUT2D eigenvalue weighted by atomic mass is 19.3. The second-order valence-corrected chi connectivity index (χ2v) is 2.58. The predicted molar refractivity (Wildman–Crippen MR) is 45.3 cm³/mol. The van der Waals surface area contributed by atoms with E-state index in [1.54, 1.807) is 6.07 Å². The Bertz CT molecular complexity index is 454. The molecule has 7 heteroatoms. The van der Waals surface area contributed by atoms with Crippen molar-refractivity contribution < 1.29 is 18.7 Å². The normalized spacial score (nSPS) is 10.0. The number of hydrogen-bond acceptors (Lipinski definition) is 4. The van der Waals surface area contributed by atoms with Crippen molar-refractivity contribution in [3.8, 4) is 6.07 Å². The Balaban J connectivity index is 3.47. The number of rotatable bonds is 2. The van der Waals surface area contributed by atoms with Gasteiger partial charge in [0.2, 0.25) is 0 Å². The summed E-state index contributed by atoms with van der Waals surface area (Å²) in [7, 11) is 0. The number of pyridine rings is 1. The molecule has 0 aliphatic heterocycles. The monoisotopic (exact) mass is 213 g/mol. The van der Waals surface area contributed by atoms with Gasteiger partial charge in [-0.3, -0.25) is 0 Å². The van der Waals surface area contributed by atoms with Gasteiger partial charge in [0.05, 0.1) is 11.1 Å². The van der Waals surface area contributed by atoms with Crippen LogP contribution in [0.5, 0.6) is 0 Å². The summed E-state index contributed by atoms with van der Waals surface area (Å²) >= 11 is 0. The highest BCUT2D eigenvalue weighted by molar-refractivity contribution is 5.88. The van der Waals surface area contributed by atoms with Crippen molar-refractivity contribution in [3.63, 3.8) is 0 Å². The van der Waals surface area contributed by atoms with Crippen molar-refractivity contribution in [2.24, 2.45) is 0 Å². The number of carbonyl (C=O) groups is 1. The molecule has 0 aromatic carbocycles. The molecule has 1 aromatic heterocycles. The lowest BCUT2D eigenvalue weighted by Gasteiger charge is -2.06. The minimum absolute atomic E-state index is 0.268. The van der Waals surface area contributed by atoms with E-state index in [-0.39, 0.29) is 11.4 Å². The Morgan fingerprint density at radius 1 is 1.67 bits per heavy atom. The van der Waals surface area contributed by atoms with Crippen LogP contribution in [0.1, 0.15) is 28.0 Å². The summed E-state index contributed by atoms with van der Waals surface area (Å²) in [6.45, 7) is 0. The molecule has 1 rings (SSSR count). The average molecular weight is 213 g/mol. The number of carboxylic acid groups (broad SMARTS) is 1. The maximum absolute atomic E-state index is 12.4. The van der Waals surface area contributed by atoms with Crippen molar-refractivity contribution in [2.75, 3.05) is 5.73 Å². The largest absolute Gasteiger partial charge is 0.476 e. The number of nitrogens with zero attached hydrogens (tertiary/aromatic N) is 2. The molecular formula is C8H5F2N3O2. The lowest BCUT2D eigenvalue weighted by molar-refractivity contribution is 0.0677. The van der Waals surface area contributed by atoms with E-state index in [0.717, 1.165) is 6.07 Å². The van der Waals surface area contributed by atoms with E-state index < -0.39 is 23.7 Å². The third-order valence-corrected chi connectivity index (χ3v) is 1.64. The minimum Gasteiger partial charge on any atom is -0.476 e. The number of nitriles is 1. The molecule has 1 heterocycles. The molecular weight excluding hydrogens is 208 g/mol. The summed E-state index contributed by atoms with van der Waals surface area (Å²) in [5.41, 5.74) is 3.28. The van der Waals surface area contributed by atoms with Gasteiger partial charge in [-0.15, -0.1) is 0 Å². The van der Waals surface area contributed by atoms with Crippen molar-refractivity contribution >= 4 is 11.8 Å². The summed E-state index contributed by atoms with van der Waals surface area (Å²) < 4.78 is 24.8. The number of aromatic nitrogens is 1. The van der Waals surface area contributed by atoms with Crippen molar-refractivity contribution in [3.05, 3.63) is 22.9 Å². The fourth-order valence-corrected chi connectivity index (χ4v) is 0.970. The Morgan fingerprint density at radius 2 is 2.27 bits per heavy atom. The van der Waals surface area contributed by atoms with Crippen LogP contribution in [0.25, 0.3) is 0 Å². The van der Waals surface area contributed by atoms with Crippen LogP contribution in [0.15, 0.2) is 6.07 Å². The van der Waals surface area contributed by atoms with Crippen molar-refractivity contribution in [1.29, 1.82) is 5.26 Å². The molecule has 0 saturated heterocycles. The van der Waals surface area contributed by atoms with Crippen LogP contribution >= 0.6 is 0 Å². The van der Waals surface area contributed by atoms with Crippen LogP contribution in [0.3, 0.4) is 0 Å². The molecule has 0 radical (unpaired) electrons. The topological polar surface area (TPSA) is 100 Å². The van der Waals surface area contributed by atoms with E-state index >= 15 is 0 Å². The van der Waals surface area contributed by atoms with Gasteiger partial charge in [0.15, 0.2) is 5.69 Å². The van der Waals surface area contributed by atoms with Gasteiger partial charge in [-0.25, -0.2) is 18.6 Å². The number of alkyl halides is 2. The van der Waals surface area contributed by atoms with Gasteiger partial charge in [-0.05, 0) is 6.07 Å². The SMILES string of the molecule is N#Cc1cc(C(F)F)c(C(=O)O)nc1N. The van der Waals surface area contributed by atoms with Gasteiger partial charge in [0.25, 0.3) is 6.43 Å². The Hall–Kier alpha value is -2.23. The highest BCUT2D eigenvalue weighted by Crippen LogP contribution is 2.24. The standard InChI is InChI=1S/C8H5F2N3O2/c9-6(10)4-1-3(2-11)7(12)13-5(4)8(14)15/h1,6H,(H2,12,13)(H,14,15). The van der Waals surface area contributed by atoms with Gasteiger partial charge in [-0.2, -0.15) is 5.26 Å². The zero-order valence-corrected chi connectivity index (χ0v) is 7.24. The third kappa shape index (κ3) is 1.99. The molecule has 15 heavy (non-hydrogen) atoms. The molecule has 1 aromatic rings. The molecule has 0 spiro atoms. The van der Waals surface area contributed by atoms with Gasteiger partial charge in [-0.1, -0.05) is 0 Å². The van der Waals surface area contributed by atoms with E-state index in [4.69, 9.17) is 16.1 Å². The maximum Gasteiger partial charge on any atom is 0.355 e. The first-order valence-corrected chi connectivity index (χ1v) is 3.69. The lowest BCUT2D eigenvalue weighted by atomic mass is 10.1. The van der Waals surface area contributed by atoms with Crippen LogP contribution in [0.2, 0.25) is 0 Å². The Morgan fingerprint density at radius 3 is 2.67 bits per heavy atom. The molecule has 3 N–H and O–H groups in total. The molecule has 0 unspecified atom stereocenters. The molecule has 0 aliphatic carbocycles. The minimum atomic E-state index is -3.02. The number of anilines is 1. The van der Waals surface area contributed by atoms with Gasteiger partial charge >= 0.3 is 5.97 Å². The maximum atomic E-state index is 12.4. The molecule has 0 bridgehead atoms. The summed E-state index contributed by atoms with van der Waals surface area (Å²) in [5.74, 6) is -1.99. The summed E-state index contributed by atoms with van der Waals surface area (Å²) in [5, 5.41) is 17.1. The van der Waals surface area contributed by atoms with E-state index in [2.05, 4.69) is 4.98 Å². The van der Waals surface area contributed by atoms with Crippen LogP contribution in [-0.4, -0.2) is 16.1 Å². The Labute approximate surface area is 82.8 Å². The number of nitrogens with two attached hydrogens (primary N) is 1. The number of halogens is 2. The molecule has 0 atom stereocenters. The lowest BCUT2D eigenvalue weighted by Crippen LogP contribution is -2.10. The second-order valence-electron chi connectivity index (χ2n) is 2.58. The fourth-order valence-electron chi connectivity index (χ4n) is 0.970. The molecule has 0 amide bonds. The first kappa shape index (κ1) is 10.8. The smallest absolute Gasteiger partial charge is 0.355 e. The fraction of sp³-hybridized carbons (Fsp3) is 0.125. The van der Waals surface area contributed by atoms with E-state index in [1.807, 2.05) is 0 Å². The van der Waals surface area contributed by atoms with Crippen LogP contribution < -0.4 is 5.73 Å². The predicted octanol–water partition coefficient (Wildman–Crippen LogP) is 1.17. The molecule has 78 valence electrons. The third-order valence-electron chi connectivity index (χ3n) is 1.64. The number of aromatic carboxylic acids is 1. The zero-order chi connectivity index (χ0) is 11.6. The molecule has 0 fully saturated rings. The Kier molecular flexibility index (Phi) is 2.80. The number of nitrogen functional groups attached to an aromatic ring is 1. The molecule has 0 saturated carbocycles. The molecule has 5 nitrogen and oxygen atoms in total. The van der Waals surface area contributed by atoms with Crippen LogP contribution in [-0.2, 0) is 0 Å². The van der Waals surface area contributed by atoms with Crippen LogP contribution in [0.4, 0.5) is 14.6 Å². The van der Waals surface area contributed by atoms with E-state index in [0.29, 0.717) is 0 Å². The average Bonchev–Trinajstić information content (AvgIpc) is 2.16. The summed E-state index contributed by atoms with van der Waals surface area (Å²) in [6, 6.07) is 2.28. The second kappa shape index (κ2) is 3.88. The van der Waals surface area contributed by atoms with E-state index in [1.165, 1.54) is 0 Å². The quantitative estimate of drug-likeness (QED) is 0.767. The highest BCUT2D eigenvalue weighted by Gasteiger charge is 2.21. The zero-order valence-electron chi connectivity index (χ0n) is 7.24. The van der Waals surface area contributed by atoms with E-state index in [9.17, 15) is 13.6 Å². The van der Waals surface area contributed by atoms with Gasteiger partial charge < -0.3 is 10.8 Å². The first-order chi connectivity index (χ1) is 6.97. The summed E-state index contributed by atoms with van der Waals surface area (Å²) in [6.07, 6.45) is -3.02.